The molecular weight excluding hydrogens is 350 g/mol. The molecule has 2 aromatic carbocycles. The molecule has 1 atom stereocenters. The Balaban J connectivity index is 2.01. The lowest BCUT2D eigenvalue weighted by atomic mass is 10.1. The van der Waals surface area contributed by atoms with Crippen molar-refractivity contribution in [2.75, 3.05) is 33.1 Å². The van der Waals surface area contributed by atoms with Gasteiger partial charge in [-0.2, -0.15) is 0 Å². The van der Waals surface area contributed by atoms with E-state index in [1.807, 2.05) is 25.2 Å². The Morgan fingerprint density at radius 3 is 2.56 bits per heavy atom. The summed E-state index contributed by atoms with van der Waals surface area (Å²) < 4.78 is 10.7. The molecule has 0 heterocycles. The van der Waals surface area contributed by atoms with Crippen LogP contribution in [0.3, 0.4) is 0 Å². The highest BCUT2D eigenvalue weighted by Gasteiger charge is 2.17. The van der Waals surface area contributed by atoms with Gasteiger partial charge in [-0.3, -0.25) is 14.9 Å². The van der Waals surface area contributed by atoms with E-state index in [0.29, 0.717) is 29.3 Å². The van der Waals surface area contributed by atoms with E-state index in [4.69, 9.17) is 9.47 Å². The number of hydrogen-bond acceptors (Lipinski definition) is 5. The Kier molecular flexibility index (Phi) is 6.73. The Bertz CT molecular complexity index is 838. The summed E-state index contributed by atoms with van der Waals surface area (Å²) in [5.41, 5.74) is 2.15. The third kappa shape index (κ3) is 5.18. The SMILES string of the molecule is COc1cccc(C[NH+](C)CC(=O)Nc2ccc([N+](=O)[O-])cc2C)c1OC. The summed E-state index contributed by atoms with van der Waals surface area (Å²) in [5.74, 6) is 1.13. The Hall–Kier alpha value is -3.13. The fraction of sp³-hybridized carbons (Fsp3) is 0.316. The van der Waals surface area contributed by atoms with Gasteiger partial charge in [-0.1, -0.05) is 6.07 Å². The topological polar surface area (TPSA) is 95.1 Å². The van der Waals surface area contributed by atoms with Crippen molar-refractivity contribution in [2.45, 2.75) is 13.5 Å². The molecule has 0 spiro atoms. The normalized spacial score (nSPS) is 11.6. The first-order valence-corrected chi connectivity index (χ1v) is 8.41. The number of methoxy groups -OCH3 is 2. The van der Waals surface area contributed by atoms with E-state index in [2.05, 4.69) is 5.32 Å². The van der Waals surface area contributed by atoms with Gasteiger partial charge in [0.1, 0.15) is 6.54 Å². The number of non-ortho nitro benzene ring substituents is 1. The van der Waals surface area contributed by atoms with Gasteiger partial charge in [-0.05, 0) is 30.7 Å². The molecule has 0 aliphatic rings. The van der Waals surface area contributed by atoms with Crippen molar-refractivity contribution in [2.24, 2.45) is 0 Å². The van der Waals surface area contributed by atoms with E-state index in [0.717, 1.165) is 10.5 Å². The maximum absolute atomic E-state index is 12.3. The first-order valence-electron chi connectivity index (χ1n) is 8.41. The first kappa shape index (κ1) is 20.2. The Morgan fingerprint density at radius 1 is 1.22 bits per heavy atom. The Morgan fingerprint density at radius 2 is 1.96 bits per heavy atom. The fourth-order valence-corrected chi connectivity index (χ4v) is 2.85. The number of hydrogen-bond donors (Lipinski definition) is 2. The molecule has 0 fully saturated rings. The maximum atomic E-state index is 12.3. The molecule has 2 rings (SSSR count). The number of nitro groups is 1. The first-order chi connectivity index (χ1) is 12.8. The van der Waals surface area contributed by atoms with Crippen molar-refractivity contribution in [1.82, 2.24) is 0 Å². The molecule has 2 aromatic rings. The molecular formula is C19H24N3O5+. The number of nitrogens with zero attached hydrogens (tertiary/aromatic N) is 1. The number of nitro benzene ring substituents is 1. The summed E-state index contributed by atoms with van der Waals surface area (Å²) >= 11 is 0. The quantitative estimate of drug-likeness (QED) is 0.540. The molecule has 27 heavy (non-hydrogen) atoms. The molecule has 0 radical (unpaired) electrons. The number of benzene rings is 2. The van der Waals surface area contributed by atoms with Gasteiger partial charge in [0, 0.05) is 17.8 Å². The summed E-state index contributed by atoms with van der Waals surface area (Å²) in [6.07, 6.45) is 0. The van der Waals surface area contributed by atoms with E-state index >= 15 is 0 Å². The van der Waals surface area contributed by atoms with Crippen molar-refractivity contribution in [1.29, 1.82) is 0 Å². The number of amides is 1. The fourth-order valence-electron chi connectivity index (χ4n) is 2.85. The third-order valence-electron chi connectivity index (χ3n) is 4.13. The second-order valence-corrected chi connectivity index (χ2v) is 6.27. The summed E-state index contributed by atoms with van der Waals surface area (Å²) in [6.45, 7) is 2.53. The average molecular weight is 374 g/mol. The van der Waals surface area contributed by atoms with Gasteiger partial charge in [-0.15, -0.1) is 0 Å². The van der Waals surface area contributed by atoms with Crippen LogP contribution in [0.15, 0.2) is 36.4 Å². The van der Waals surface area contributed by atoms with Crippen LogP contribution in [-0.2, 0) is 11.3 Å². The highest BCUT2D eigenvalue weighted by molar-refractivity contribution is 5.92. The van der Waals surface area contributed by atoms with E-state index in [9.17, 15) is 14.9 Å². The number of aryl methyl sites for hydroxylation is 1. The minimum atomic E-state index is -0.460. The van der Waals surface area contributed by atoms with Crippen LogP contribution in [0.25, 0.3) is 0 Å². The molecule has 0 aromatic heterocycles. The van der Waals surface area contributed by atoms with E-state index in [-0.39, 0.29) is 18.1 Å². The largest absolute Gasteiger partial charge is 0.493 e. The molecule has 2 N–H and O–H groups in total. The summed E-state index contributed by atoms with van der Waals surface area (Å²) in [5, 5.41) is 13.6. The number of nitrogens with one attached hydrogen (secondary N) is 2. The molecule has 0 aliphatic carbocycles. The summed E-state index contributed by atoms with van der Waals surface area (Å²) in [6, 6.07) is 9.99. The van der Waals surface area contributed by atoms with Crippen molar-refractivity contribution in [3.8, 4) is 11.5 Å². The lowest BCUT2D eigenvalue weighted by molar-refractivity contribution is -0.885. The minimum absolute atomic E-state index is 0.00152. The third-order valence-corrected chi connectivity index (χ3v) is 4.13. The van der Waals surface area contributed by atoms with Crippen LogP contribution < -0.4 is 19.7 Å². The van der Waals surface area contributed by atoms with Gasteiger partial charge in [-0.25, -0.2) is 0 Å². The van der Waals surface area contributed by atoms with Crippen molar-refractivity contribution < 1.29 is 24.1 Å². The van der Waals surface area contributed by atoms with Crippen LogP contribution in [0.5, 0.6) is 11.5 Å². The lowest BCUT2D eigenvalue weighted by Crippen LogP contribution is -3.08. The molecule has 0 aliphatic heterocycles. The second kappa shape index (κ2) is 9.00. The van der Waals surface area contributed by atoms with Crippen LogP contribution in [0, 0.1) is 17.0 Å². The molecule has 8 heteroatoms. The smallest absolute Gasteiger partial charge is 0.279 e. The molecule has 144 valence electrons. The number of likely N-dealkylation sites (N-methyl/N-ethyl adjacent to an activating group) is 1. The summed E-state index contributed by atoms with van der Waals surface area (Å²) in [7, 11) is 5.07. The van der Waals surface area contributed by atoms with Crippen molar-refractivity contribution in [3.05, 3.63) is 57.6 Å². The number of carbonyl (C=O) groups excluding carboxylic acids is 1. The average Bonchev–Trinajstić information content (AvgIpc) is 2.62. The number of para-hydroxylation sites is 1. The predicted octanol–water partition coefficient (Wildman–Crippen LogP) is 1.57. The van der Waals surface area contributed by atoms with Crippen LogP contribution in [0.1, 0.15) is 11.1 Å². The zero-order chi connectivity index (χ0) is 20.0. The maximum Gasteiger partial charge on any atom is 0.279 e. The van der Waals surface area contributed by atoms with Crippen LogP contribution in [-0.4, -0.2) is 38.6 Å². The molecule has 0 bridgehead atoms. The number of ether oxygens (including phenoxy) is 2. The molecule has 8 nitrogen and oxygen atoms in total. The van der Waals surface area contributed by atoms with E-state index in [1.165, 1.54) is 12.1 Å². The molecule has 1 amide bonds. The van der Waals surface area contributed by atoms with Gasteiger partial charge >= 0.3 is 0 Å². The van der Waals surface area contributed by atoms with Gasteiger partial charge in [0.15, 0.2) is 18.0 Å². The van der Waals surface area contributed by atoms with Crippen molar-refractivity contribution in [3.63, 3.8) is 0 Å². The van der Waals surface area contributed by atoms with Crippen LogP contribution in [0.4, 0.5) is 11.4 Å². The molecule has 0 saturated carbocycles. The monoisotopic (exact) mass is 374 g/mol. The van der Waals surface area contributed by atoms with E-state index in [1.54, 1.807) is 27.2 Å². The van der Waals surface area contributed by atoms with Gasteiger partial charge in [0.2, 0.25) is 0 Å². The molecule has 0 saturated heterocycles. The van der Waals surface area contributed by atoms with E-state index < -0.39 is 4.92 Å². The molecule has 1 unspecified atom stereocenters. The Labute approximate surface area is 157 Å². The van der Waals surface area contributed by atoms with Crippen LogP contribution >= 0.6 is 0 Å². The summed E-state index contributed by atoms with van der Waals surface area (Å²) in [4.78, 5) is 23.6. The zero-order valence-corrected chi connectivity index (χ0v) is 15.9. The zero-order valence-electron chi connectivity index (χ0n) is 15.9. The predicted molar refractivity (Wildman–Crippen MR) is 101 cm³/mol. The highest BCUT2D eigenvalue weighted by atomic mass is 16.6. The number of carbonyl (C=O) groups is 1. The number of quaternary nitrogens is 1. The van der Waals surface area contributed by atoms with Gasteiger partial charge < -0.3 is 19.7 Å². The van der Waals surface area contributed by atoms with Crippen molar-refractivity contribution >= 4 is 17.3 Å². The van der Waals surface area contributed by atoms with Gasteiger partial charge in [0.05, 0.1) is 31.8 Å². The van der Waals surface area contributed by atoms with Gasteiger partial charge in [0.25, 0.3) is 11.6 Å². The standard InChI is InChI=1S/C19H23N3O5/c1-13-10-15(22(24)25)8-9-16(13)20-18(23)12-21(2)11-14-6-5-7-17(26-3)19(14)27-4/h5-10H,11-12H2,1-4H3,(H,20,23)/p+1. The highest BCUT2D eigenvalue weighted by Crippen LogP contribution is 2.30. The van der Waals surface area contributed by atoms with Crippen LogP contribution in [0.2, 0.25) is 0 Å². The number of anilines is 1. The minimum Gasteiger partial charge on any atom is -0.493 e. The number of rotatable bonds is 8. The second-order valence-electron chi connectivity index (χ2n) is 6.27. The lowest BCUT2D eigenvalue weighted by Gasteiger charge is -2.17.